The minimum atomic E-state index is -0.216. The van der Waals surface area contributed by atoms with Gasteiger partial charge in [-0.05, 0) is 70.7 Å². The van der Waals surface area contributed by atoms with Crippen molar-refractivity contribution in [3.63, 3.8) is 0 Å². The lowest BCUT2D eigenvalue weighted by atomic mass is 9.78. The first kappa shape index (κ1) is 31.3. The number of halogens is 1. The van der Waals surface area contributed by atoms with Gasteiger partial charge in [-0.1, -0.05) is 84.0 Å². The van der Waals surface area contributed by atoms with Gasteiger partial charge in [0.2, 0.25) is 0 Å². The summed E-state index contributed by atoms with van der Waals surface area (Å²) in [6.07, 6.45) is 5.85. The fourth-order valence-electron chi connectivity index (χ4n) is 5.52. The van der Waals surface area contributed by atoms with E-state index in [0.717, 1.165) is 66.0 Å². The molecule has 0 aliphatic carbocycles. The first-order valence-corrected chi connectivity index (χ1v) is 14.9. The fraction of sp³-hybridized carbons (Fsp3) is 0.417. The van der Waals surface area contributed by atoms with E-state index in [-0.39, 0.29) is 28.7 Å². The Morgan fingerprint density at radius 1 is 0.952 bits per heavy atom. The van der Waals surface area contributed by atoms with Gasteiger partial charge in [-0.25, -0.2) is 9.18 Å². The Labute approximate surface area is 251 Å². The molecule has 1 heterocycles. The third-order valence-corrected chi connectivity index (χ3v) is 8.15. The summed E-state index contributed by atoms with van der Waals surface area (Å²) in [7, 11) is 1.87. The van der Waals surface area contributed by atoms with Crippen molar-refractivity contribution in [3.8, 4) is 5.75 Å². The highest BCUT2D eigenvalue weighted by Gasteiger charge is 2.27. The number of para-hydroxylation sites is 1. The van der Waals surface area contributed by atoms with Crippen molar-refractivity contribution in [2.24, 2.45) is 0 Å². The van der Waals surface area contributed by atoms with Crippen LogP contribution in [0.25, 0.3) is 12.2 Å². The van der Waals surface area contributed by atoms with E-state index < -0.39 is 0 Å². The molecule has 0 saturated carbocycles. The van der Waals surface area contributed by atoms with Crippen molar-refractivity contribution >= 4 is 23.9 Å². The van der Waals surface area contributed by atoms with Crippen LogP contribution in [-0.2, 0) is 17.4 Å². The average Bonchev–Trinajstić information content (AvgIpc) is 2.93. The van der Waals surface area contributed by atoms with Gasteiger partial charge in [-0.15, -0.1) is 0 Å². The van der Waals surface area contributed by atoms with Crippen LogP contribution < -0.4 is 5.32 Å². The molecule has 5 nitrogen and oxygen atoms in total. The number of carbonyl (C=O) groups is 1. The maximum absolute atomic E-state index is 13.3. The molecule has 42 heavy (non-hydrogen) atoms. The van der Waals surface area contributed by atoms with E-state index in [0.29, 0.717) is 5.75 Å². The smallest absolute Gasteiger partial charge is 0.321 e. The Bertz CT molecular complexity index is 1370. The van der Waals surface area contributed by atoms with Crippen molar-refractivity contribution in [2.45, 2.75) is 77.8 Å². The number of rotatable bonds is 6. The summed E-state index contributed by atoms with van der Waals surface area (Å²) < 4.78 is 13.2. The molecule has 0 atom stereocenters. The highest BCUT2D eigenvalue weighted by Crippen LogP contribution is 2.40. The van der Waals surface area contributed by atoms with Gasteiger partial charge in [0.15, 0.2) is 0 Å². The van der Waals surface area contributed by atoms with Crippen molar-refractivity contribution < 1.29 is 14.3 Å². The van der Waals surface area contributed by atoms with Crippen LogP contribution in [0, 0.1) is 5.82 Å². The molecule has 1 aliphatic heterocycles. The van der Waals surface area contributed by atoms with E-state index in [2.05, 4.69) is 70.0 Å². The third kappa shape index (κ3) is 7.80. The Morgan fingerprint density at radius 3 is 2.10 bits per heavy atom. The van der Waals surface area contributed by atoms with Crippen LogP contribution in [0.2, 0.25) is 0 Å². The molecule has 0 spiro atoms. The average molecular weight is 572 g/mol. The number of carbonyl (C=O) groups excluding carboxylic acids is 1. The molecular weight excluding hydrogens is 525 g/mol. The summed E-state index contributed by atoms with van der Waals surface area (Å²) >= 11 is 0. The van der Waals surface area contributed by atoms with Crippen molar-refractivity contribution in [1.82, 2.24) is 9.80 Å². The fourth-order valence-corrected chi connectivity index (χ4v) is 5.52. The van der Waals surface area contributed by atoms with Crippen LogP contribution in [0.1, 0.15) is 82.2 Å². The van der Waals surface area contributed by atoms with Crippen molar-refractivity contribution in [2.75, 3.05) is 25.5 Å². The van der Waals surface area contributed by atoms with E-state index >= 15 is 0 Å². The Kier molecular flexibility index (Phi) is 9.47. The molecule has 3 aromatic carbocycles. The number of phenols is 1. The van der Waals surface area contributed by atoms with Gasteiger partial charge in [0, 0.05) is 49.5 Å². The highest BCUT2D eigenvalue weighted by molar-refractivity contribution is 5.92. The van der Waals surface area contributed by atoms with Gasteiger partial charge in [-0.3, -0.25) is 4.90 Å². The summed E-state index contributed by atoms with van der Waals surface area (Å²) in [5.74, 6) is 0.149. The molecule has 224 valence electrons. The normalized spacial score (nSPS) is 15.2. The van der Waals surface area contributed by atoms with Crippen LogP contribution in [-0.4, -0.2) is 47.1 Å². The zero-order valence-corrected chi connectivity index (χ0v) is 26.2. The van der Waals surface area contributed by atoms with Crippen LogP contribution in [0.5, 0.6) is 5.75 Å². The van der Waals surface area contributed by atoms with Gasteiger partial charge in [0.05, 0.1) is 0 Å². The van der Waals surface area contributed by atoms with Crippen LogP contribution >= 0.6 is 0 Å². The number of nitrogens with zero attached hydrogens (tertiary/aromatic N) is 2. The zero-order valence-electron chi connectivity index (χ0n) is 26.2. The number of phenolic OH excluding ortho intramolecular Hbond substituents is 1. The van der Waals surface area contributed by atoms with E-state index in [1.54, 1.807) is 0 Å². The van der Waals surface area contributed by atoms with Gasteiger partial charge >= 0.3 is 6.03 Å². The monoisotopic (exact) mass is 571 g/mol. The number of piperidine rings is 1. The number of nitrogens with one attached hydrogen (secondary N) is 1. The molecule has 2 N–H and O–H groups in total. The summed E-state index contributed by atoms with van der Waals surface area (Å²) in [6.45, 7) is 15.2. The number of hydrogen-bond acceptors (Lipinski definition) is 3. The number of hydrogen-bond donors (Lipinski definition) is 2. The van der Waals surface area contributed by atoms with Crippen LogP contribution in [0.4, 0.5) is 14.9 Å². The topological polar surface area (TPSA) is 55.8 Å². The Hall–Kier alpha value is -3.64. The lowest BCUT2D eigenvalue weighted by molar-refractivity contribution is 0.137. The quantitative estimate of drug-likeness (QED) is 0.292. The molecule has 2 amide bonds. The molecule has 1 aliphatic rings. The second-order valence-corrected chi connectivity index (χ2v) is 13.6. The standard InChI is InChI=1S/C36H46FN3O2/c1-35(2,3)30-22-26(23-31(33(30)41)36(4,5)6)12-15-27-10-8-9-11-32(27)38-34(42)39(7)29-18-20-40(21-19-29)24-25-13-16-28(37)17-14-25/h8-17,22-23,29,41H,18-21,24H2,1-7H3,(H,38,42)/b15-12+. The lowest BCUT2D eigenvalue weighted by Gasteiger charge is -2.36. The summed E-state index contributed by atoms with van der Waals surface area (Å²) in [4.78, 5) is 17.5. The van der Waals surface area contributed by atoms with Crippen LogP contribution in [0.3, 0.4) is 0 Å². The number of benzene rings is 3. The lowest BCUT2D eigenvalue weighted by Crippen LogP contribution is -2.46. The first-order valence-electron chi connectivity index (χ1n) is 14.9. The molecule has 3 aromatic rings. The second kappa shape index (κ2) is 12.7. The molecule has 6 heteroatoms. The third-order valence-electron chi connectivity index (χ3n) is 8.15. The second-order valence-electron chi connectivity index (χ2n) is 13.6. The molecule has 1 saturated heterocycles. The van der Waals surface area contributed by atoms with Gasteiger partial charge in [-0.2, -0.15) is 0 Å². The summed E-state index contributed by atoms with van der Waals surface area (Å²) in [5, 5.41) is 14.2. The van der Waals surface area contributed by atoms with Gasteiger partial charge < -0.3 is 15.3 Å². The van der Waals surface area contributed by atoms with Crippen molar-refractivity contribution in [1.29, 1.82) is 0 Å². The summed E-state index contributed by atoms with van der Waals surface area (Å²) in [5.41, 5.74) is 5.20. The molecule has 1 fully saturated rings. The van der Waals surface area contributed by atoms with Crippen LogP contribution in [0.15, 0.2) is 60.7 Å². The Balaban J connectivity index is 1.44. The number of aromatic hydroxyl groups is 1. The predicted octanol–water partition coefficient (Wildman–Crippen LogP) is 8.43. The number of urea groups is 1. The van der Waals surface area contributed by atoms with E-state index in [9.17, 15) is 14.3 Å². The predicted molar refractivity (Wildman–Crippen MR) is 172 cm³/mol. The highest BCUT2D eigenvalue weighted by atomic mass is 19.1. The van der Waals surface area contributed by atoms with E-state index in [4.69, 9.17) is 0 Å². The molecule has 4 rings (SSSR count). The maximum atomic E-state index is 13.3. The van der Waals surface area contributed by atoms with Gasteiger partial charge in [0.1, 0.15) is 11.6 Å². The maximum Gasteiger partial charge on any atom is 0.321 e. The number of anilines is 1. The van der Waals surface area contributed by atoms with E-state index in [1.807, 2.05) is 54.4 Å². The molecule has 0 aromatic heterocycles. The largest absolute Gasteiger partial charge is 0.507 e. The number of likely N-dealkylation sites (tertiary alicyclic amines) is 1. The molecule has 0 unspecified atom stereocenters. The molecular formula is C36H46FN3O2. The summed E-state index contributed by atoms with van der Waals surface area (Å²) in [6, 6.07) is 18.6. The number of amides is 2. The zero-order chi connectivity index (χ0) is 30.7. The van der Waals surface area contributed by atoms with Gasteiger partial charge in [0.25, 0.3) is 0 Å². The van der Waals surface area contributed by atoms with E-state index in [1.165, 1.54) is 12.1 Å². The van der Waals surface area contributed by atoms with Crippen molar-refractivity contribution in [3.05, 3.63) is 94.3 Å². The first-order chi connectivity index (χ1) is 19.7. The minimum absolute atomic E-state index is 0.123. The molecule has 0 radical (unpaired) electrons. The SMILES string of the molecule is CN(C(=O)Nc1ccccc1/C=C/c1cc(C(C)(C)C)c(O)c(C(C)(C)C)c1)C1CCN(Cc2ccc(F)cc2)CC1. The Morgan fingerprint density at radius 2 is 1.52 bits per heavy atom. The molecule has 0 bridgehead atoms. The minimum Gasteiger partial charge on any atom is -0.507 e.